The zero-order valence-corrected chi connectivity index (χ0v) is 18.6. The van der Waals surface area contributed by atoms with Gasteiger partial charge < -0.3 is 20.1 Å². The van der Waals surface area contributed by atoms with Crippen LogP contribution in [0.25, 0.3) is 10.8 Å². The van der Waals surface area contributed by atoms with E-state index < -0.39 is 11.8 Å². The molecule has 5 nitrogen and oxygen atoms in total. The summed E-state index contributed by atoms with van der Waals surface area (Å²) in [6.45, 7) is 1.95. The highest BCUT2D eigenvalue weighted by Crippen LogP contribution is 2.38. The molecular weight excluding hydrogens is 431 g/mol. The number of carboxylic acids is 1. The number of para-hydroxylation sites is 2. The van der Waals surface area contributed by atoms with E-state index in [4.69, 9.17) is 4.74 Å². The molecule has 1 atom stereocenters. The molecule has 0 radical (unpaired) electrons. The van der Waals surface area contributed by atoms with Crippen LogP contribution in [0.4, 0.5) is 15.8 Å². The zero-order valence-electron chi connectivity index (χ0n) is 18.6. The van der Waals surface area contributed by atoms with Crippen molar-refractivity contribution in [2.45, 2.75) is 12.5 Å². The van der Waals surface area contributed by atoms with Gasteiger partial charge in [-0.1, -0.05) is 54.6 Å². The summed E-state index contributed by atoms with van der Waals surface area (Å²) in [5.74, 6) is -1.31. The third-order valence-electron chi connectivity index (χ3n) is 6.15. The second-order valence-electron chi connectivity index (χ2n) is 8.38. The minimum Gasteiger partial charge on any atom is -0.485 e. The number of nitrogens with zero attached hydrogens (tertiary/aromatic N) is 1. The highest BCUT2D eigenvalue weighted by molar-refractivity contribution is 5.90. The molecule has 0 aromatic heterocycles. The van der Waals surface area contributed by atoms with E-state index >= 15 is 0 Å². The fraction of sp³-hybridized carbons (Fsp3) is 0.179. The quantitative estimate of drug-likeness (QED) is 0.364. The van der Waals surface area contributed by atoms with E-state index in [0.717, 1.165) is 24.4 Å². The van der Waals surface area contributed by atoms with Gasteiger partial charge in [-0.2, -0.15) is 0 Å². The predicted molar refractivity (Wildman–Crippen MR) is 132 cm³/mol. The number of rotatable bonds is 7. The van der Waals surface area contributed by atoms with Crippen LogP contribution in [-0.2, 0) is 6.42 Å². The van der Waals surface area contributed by atoms with Gasteiger partial charge in [0, 0.05) is 12.2 Å². The van der Waals surface area contributed by atoms with E-state index in [1.54, 1.807) is 6.07 Å². The summed E-state index contributed by atoms with van der Waals surface area (Å²) in [6, 6.07) is 26.6. The predicted octanol–water partition coefficient (Wildman–Crippen LogP) is 5.41. The molecule has 0 bridgehead atoms. The number of hydrogen-bond donors (Lipinski definition) is 2. The summed E-state index contributed by atoms with van der Waals surface area (Å²) in [6.07, 6.45) is 0.745. The molecular formula is C28H25FN2O3. The van der Waals surface area contributed by atoms with Crippen LogP contribution in [0.2, 0.25) is 0 Å². The summed E-state index contributed by atoms with van der Waals surface area (Å²) in [5.41, 5.74) is 2.41. The first-order valence-electron chi connectivity index (χ1n) is 11.3. The maximum absolute atomic E-state index is 14.0. The van der Waals surface area contributed by atoms with E-state index in [-0.39, 0.29) is 11.7 Å². The molecule has 1 aliphatic rings. The molecule has 4 aromatic rings. The fourth-order valence-electron chi connectivity index (χ4n) is 4.49. The van der Waals surface area contributed by atoms with Crippen LogP contribution in [0.5, 0.6) is 5.75 Å². The van der Waals surface area contributed by atoms with Crippen molar-refractivity contribution in [3.63, 3.8) is 0 Å². The molecule has 0 aliphatic carbocycles. The minimum atomic E-state index is -1.28. The Morgan fingerprint density at radius 3 is 2.71 bits per heavy atom. The lowest BCUT2D eigenvalue weighted by Gasteiger charge is -2.36. The number of carboxylic acid groups (broad SMARTS) is 1. The van der Waals surface area contributed by atoms with Crippen LogP contribution in [0.1, 0.15) is 15.9 Å². The molecule has 6 heteroatoms. The van der Waals surface area contributed by atoms with Gasteiger partial charge in [0.15, 0.2) is 0 Å². The van der Waals surface area contributed by atoms with Crippen LogP contribution >= 0.6 is 0 Å². The number of benzene rings is 4. The van der Waals surface area contributed by atoms with Crippen molar-refractivity contribution in [1.82, 2.24) is 5.32 Å². The molecule has 4 aromatic carbocycles. The number of aromatic carboxylic acids is 1. The second kappa shape index (κ2) is 9.53. The maximum atomic E-state index is 14.0. The van der Waals surface area contributed by atoms with Crippen molar-refractivity contribution in [2.75, 3.05) is 24.5 Å². The van der Waals surface area contributed by atoms with Crippen LogP contribution in [0.15, 0.2) is 84.9 Å². The Morgan fingerprint density at radius 1 is 1.03 bits per heavy atom. The fourth-order valence-corrected chi connectivity index (χ4v) is 4.49. The zero-order chi connectivity index (χ0) is 23.5. The molecule has 0 amide bonds. The Morgan fingerprint density at radius 2 is 1.82 bits per heavy atom. The van der Waals surface area contributed by atoms with E-state index in [9.17, 15) is 14.3 Å². The van der Waals surface area contributed by atoms with Crippen molar-refractivity contribution in [3.05, 3.63) is 102 Å². The lowest BCUT2D eigenvalue weighted by atomic mass is 10.0. The molecule has 1 heterocycles. The highest BCUT2D eigenvalue weighted by Gasteiger charge is 2.27. The van der Waals surface area contributed by atoms with Crippen molar-refractivity contribution < 1.29 is 19.0 Å². The summed E-state index contributed by atoms with van der Waals surface area (Å²) in [4.78, 5) is 13.4. The number of halogens is 1. The lowest BCUT2D eigenvalue weighted by Crippen LogP contribution is -2.43. The number of hydrogen-bond acceptors (Lipinski definition) is 4. The Hall–Kier alpha value is -3.90. The van der Waals surface area contributed by atoms with Crippen LogP contribution < -0.4 is 15.0 Å². The van der Waals surface area contributed by atoms with Gasteiger partial charge >= 0.3 is 5.97 Å². The Labute approximate surface area is 197 Å². The van der Waals surface area contributed by atoms with Crippen molar-refractivity contribution in [3.8, 4) is 5.75 Å². The number of fused-ring (bicyclic) bond motifs is 2. The summed E-state index contributed by atoms with van der Waals surface area (Å²) in [7, 11) is 0. The average molecular weight is 457 g/mol. The second-order valence-corrected chi connectivity index (χ2v) is 8.38. The number of ether oxygens (including phenoxy) is 1. The highest BCUT2D eigenvalue weighted by atomic mass is 19.1. The van der Waals surface area contributed by atoms with Crippen molar-refractivity contribution >= 4 is 28.1 Å². The van der Waals surface area contributed by atoms with Gasteiger partial charge in [0.1, 0.15) is 17.7 Å². The standard InChI is InChI=1S/C28H25FN2O3/c29-25-13-12-21(16-24(25)28(32)33)31-18-22(34-27-11-4-3-10-26(27)31)17-30-15-14-20-8-5-7-19-6-1-2-9-23(19)20/h1-13,16,22,30H,14-15,17-18H2,(H,32,33)/t22-/m1/s1. The third kappa shape index (κ3) is 4.45. The van der Waals surface area contributed by atoms with Crippen molar-refractivity contribution in [2.24, 2.45) is 0 Å². The average Bonchev–Trinajstić information content (AvgIpc) is 2.86. The van der Waals surface area contributed by atoms with E-state index in [1.165, 1.54) is 28.5 Å². The minimum absolute atomic E-state index is 0.152. The number of anilines is 2. The van der Waals surface area contributed by atoms with Gasteiger partial charge in [0.2, 0.25) is 0 Å². The van der Waals surface area contributed by atoms with E-state index in [0.29, 0.717) is 18.8 Å². The first-order chi connectivity index (χ1) is 16.6. The molecule has 0 saturated carbocycles. The summed E-state index contributed by atoms with van der Waals surface area (Å²) in [5, 5.41) is 15.4. The molecule has 2 N–H and O–H groups in total. The molecule has 5 rings (SSSR count). The van der Waals surface area contributed by atoms with Crippen LogP contribution in [-0.4, -0.2) is 36.8 Å². The summed E-state index contributed by atoms with van der Waals surface area (Å²) < 4.78 is 20.2. The SMILES string of the molecule is O=C(O)c1cc(N2C[C@@H](CNCCc3cccc4ccccc34)Oc3ccccc32)ccc1F. The Kier molecular flexibility index (Phi) is 6.14. The van der Waals surface area contributed by atoms with Gasteiger partial charge in [-0.3, -0.25) is 0 Å². The smallest absolute Gasteiger partial charge is 0.338 e. The molecule has 172 valence electrons. The van der Waals surface area contributed by atoms with E-state index in [2.05, 4.69) is 47.8 Å². The van der Waals surface area contributed by atoms with Gasteiger partial charge in [0.25, 0.3) is 0 Å². The molecule has 0 saturated heterocycles. The molecule has 0 fully saturated rings. The van der Waals surface area contributed by atoms with Gasteiger partial charge in [-0.05, 0) is 59.6 Å². The maximum Gasteiger partial charge on any atom is 0.338 e. The van der Waals surface area contributed by atoms with Gasteiger partial charge in [0.05, 0.1) is 17.8 Å². The molecule has 0 unspecified atom stereocenters. The van der Waals surface area contributed by atoms with Gasteiger partial charge in [-0.15, -0.1) is 0 Å². The first kappa shape index (κ1) is 21.9. The lowest BCUT2D eigenvalue weighted by molar-refractivity contribution is 0.0692. The monoisotopic (exact) mass is 456 g/mol. The Bertz CT molecular complexity index is 1340. The topological polar surface area (TPSA) is 61.8 Å². The van der Waals surface area contributed by atoms with Gasteiger partial charge in [-0.25, -0.2) is 9.18 Å². The van der Waals surface area contributed by atoms with Crippen molar-refractivity contribution in [1.29, 1.82) is 0 Å². The molecule has 1 aliphatic heterocycles. The van der Waals surface area contributed by atoms with Crippen LogP contribution in [0.3, 0.4) is 0 Å². The van der Waals surface area contributed by atoms with Crippen LogP contribution in [0, 0.1) is 5.82 Å². The molecule has 0 spiro atoms. The number of carbonyl (C=O) groups is 1. The Balaban J connectivity index is 1.29. The largest absolute Gasteiger partial charge is 0.485 e. The third-order valence-corrected chi connectivity index (χ3v) is 6.15. The summed E-state index contributed by atoms with van der Waals surface area (Å²) >= 11 is 0. The van der Waals surface area contributed by atoms with E-state index in [1.807, 2.05) is 29.2 Å². The number of nitrogens with one attached hydrogen (secondary N) is 1. The molecule has 34 heavy (non-hydrogen) atoms. The normalized spacial score (nSPS) is 15.1. The first-order valence-corrected chi connectivity index (χ1v) is 11.3.